The highest BCUT2D eigenvalue weighted by Crippen LogP contribution is 2.21. The Bertz CT molecular complexity index is 622. The van der Waals surface area contributed by atoms with Gasteiger partial charge >= 0.3 is 0 Å². The summed E-state index contributed by atoms with van der Waals surface area (Å²) < 4.78 is 5.73. The molecule has 4 nitrogen and oxygen atoms in total. The third kappa shape index (κ3) is 3.57. The van der Waals surface area contributed by atoms with E-state index in [1.165, 1.54) is 11.3 Å². The summed E-state index contributed by atoms with van der Waals surface area (Å²) >= 11 is 1.41. The van der Waals surface area contributed by atoms with Gasteiger partial charge in [0.05, 0.1) is 5.69 Å². The predicted molar refractivity (Wildman–Crippen MR) is 81.5 cm³/mol. The normalized spacial score (nSPS) is 12.0. The van der Waals surface area contributed by atoms with Crippen LogP contribution in [0.5, 0.6) is 5.75 Å². The molecule has 2 rings (SSSR count). The average Bonchev–Trinajstić information content (AvgIpc) is 2.79. The Morgan fingerprint density at radius 1 is 1.35 bits per heavy atom. The van der Waals surface area contributed by atoms with Crippen LogP contribution in [0.3, 0.4) is 0 Å². The lowest BCUT2D eigenvalue weighted by atomic mass is 10.1. The second-order valence-corrected chi connectivity index (χ2v) is 5.67. The zero-order valence-corrected chi connectivity index (χ0v) is 12.9. The number of anilines is 1. The summed E-state index contributed by atoms with van der Waals surface area (Å²) in [6.07, 6.45) is -0.570. The number of aromatic nitrogens is 1. The van der Waals surface area contributed by atoms with E-state index in [9.17, 15) is 4.79 Å². The second kappa shape index (κ2) is 6.05. The van der Waals surface area contributed by atoms with Gasteiger partial charge in [-0.25, -0.2) is 4.98 Å². The Hall–Kier alpha value is -1.88. The van der Waals surface area contributed by atoms with Crippen molar-refractivity contribution in [1.82, 2.24) is 4.98 Å². The van der Waals surface area contributed by atoms with Gasteiger partial charge in [0.1, 0.15) is 5.75 Å². The zero-order valence-electron chi connectivity index (χ0n) is 12.1. The number of hydrogen-bond donors (Lipinski definition) is 1. The first-order valence-electron chi connectivity index (χ1n) is 6.42. The molecular formula is C15H18N2O2S. The zero-order chi connectivity index (χ0) is 14.7. The molecule has 0 aliphatic carbocycles. The molecule has 1 unspecified atom stereocenters. The van der Waals surface area contributed by atoms with Crippen molar-refractivity contribution in [2.45, 2.75) is 33.8 Å². The van der Waals surface area contributed by atoms with Gasteiger partial charge in [-0.15, -0.1) is 11.3 Å². The van der Waals surface area contributed by atoms with E-state index in [-0.39, 0.29) is 5.91 Å². The van der Waals surface area contributed by atoms with Crippen molar-refractivity contribution < 1.29 is 9.53 Å². The number of aryl methyl sites for hydroxylation is 3. The maximum absolute atomic E-state index is 12.1. The van der Waals surface area contributed by atoms with Crippen LogP contribution in [0.15, 0.2) is 23.6 Å². The van der Waals surface area contributed by atoms with E-state index in [0.29, 0.717) is 5.13 Å². The molecule has 1 heterocycles. The summed E-state index contributed by atoms with van der Waals surface area (Å²) in [6, 6.07) is 5.94. The van der Waals surface area contributed by atoms with Crippen LogP contribution < -0.4 is 10.1 Å². The Kier molecular flexibility index (Phi) is 4.39. The molecule has 106 valence electrons. The SMILES string of the molecule is Cc1ccc(C)c(OC(C)C(=O)Nc2nc(C)cs2)c1. The highest BCUT2D eigenvalue weighted by Gasteiger charge is 2.17. The third-order valence-corrected chi connectivity index (χ3v) is 3.74. The number of hydrogen-bond acceptors (Lipinski definition) is 4. The molecule has 0 saturated heterocycles. The number of benzene rings is 1. The summed E-state index contributed by atoms with van der Waals surface area (Å²) in [5.74, 6) is 0.545. The summed E-state index contributed by atoms with van der Waals surface area (Å²) in [4.78, 5) is 16.3. The smallest absolute Gasteiger partial charge is 0.266 e. The molecular weight excluding hydrogens is 272 g/mol. The van der Waals surface area contributed by atoms with E-state index < -0.39 is 6.10 Å². The molecule has 5 heteroatoms. The maximum Gasteiger partial charge on any atom is 0.266 e. The van der Waals surface area contributed by atoms with Gasteiger partial charge in [-0.2, -0.15) is 0 Å². The van der Waals surface area contributed by atoms with E-state index in [0.717, 1.165) is 22.6 Å². The van der Waals surface area contributed by atoms with Crippen molar-refractivity contribution in [3.05, 3.63) is 40.4 Å². The quantitative estimate of drug-likeness (QED) is 0.938. The number of carbonyl (C=O) groups is 1. The molecule has 0 spiro atoms. The summed E-state index contributed by atoms with van der Waals surface area (Å²) in [5, 5.41) is 5.26. The largest absolute Gasteiger partial charge is 0.481 e. The van der Waals surface area contributed by atoms with Crippen LogP contribution in [-0.4, -0.2) is 17.0 Å². The molecule has 0 fully saturated rings. The molecule has 1 aromatic carbocycles. The van der Waals surface area contributed by atoms with Crippen LogP contribution in [0.4, 0.5) is 5.13 Å². The minimum Gasteiger partial charge on any atom is -0.481 e. The lowest BCUT2D eigenvalue weighted by molar-refractivity contribution is -0.122. The fourth-order valence-corrected chi connectivity index (χ4v) is 2.39. The first-order valence-corrected chi connectivity index (χ1v) is 7.30. The van der Waals surface area contributed by atoms with Crippen molar-refractivity contribution in [1.29, 1.82) is 0 Å². The third-order valence-electron chi connectivity index (χ3n) is 2.87. The van der Waals surface area contributed by atoms with E-state index in [4.69, 9.17) is 4.74 Å². The van der Waals surface area contributed by atoms with Gasteiger partial charge in [0.15, 0.2) is 11.2 Å². The minimum atomic E-state index is -0.570. The van der Waals surface area contributed by atoms with Crippen LogP contribution in [-0.2, 0) is 4.79 Å². The lowest BCUT2D eigenvalue weighted by Crippen LogP contribution is -2.30. The van der Waals surface area contributed by atoms with Crippen molar-refractivity contribution in [2.75, 3.05) is 5.32 Å². The van der Waals surface area contributed by atoms with Crippen LogP contribution in [0.2, 0.25) is 0 Å². The molecule has 0 radical (unpaired) electrons. The van der Waals surface area contributed by atoms with Gasteiger partial charge in [-0.05, 0) is 44.9 Å². The van der Waals surface area contributed by atoms with E-state index in [1.54, 1.807) is 6.92 Å². The van der Waals surface area contributed by atoms with E-state index >= 15 is 0 Å². The number of amides is 1. The average molecular weight is 290 g/mol. The Morgan fingerprint density at radius 3 is 2.75 bits per heavy atom. The van der Waals surface area contributed by atoms with Gasteiger partial charge in [-0.3, -0.25) is 10.1 Å². The van der Waals surface area contributed by atoms with E-state index in [1.807, 2.05) is 44.4 Å². The predicted octanol–water partition coefficient (Wildman–Crippen LogP) is 3.47. The number of nitrogens with zero attached hydrogens (tertiary/aromatic N) is 1. The summed E-state index contributed by atoms with van der Waals surface area (Å²) in [6.45, 7) is 7.58. The fourth-order valence-electron chi connectivity index (χ4n) is 1.70. The second-order valence-electron chi connectivity index (χ2n) is 4.81. The summed E-state index contributed by atoms with van der Waals surface area (Å²) in [5.41, 5.74) is 3.02. The van der Waals surface area contributed by atoms with Gasteiger partial charge < -0.3 is 4.74 Å². The number of rotatable bonds is 4. The minimum absolute atomic E-state index is 0.194. The van der Waals surface area contributed by atoms with Crippen LogP contribution in [0, 0.1) is 20.8 Å². The highest BCUT2D eigenvalue weighted by molar-refractivity contribution is 7.13. The number of nitrogens with one attached hydrogen (secondary N) is 1. The molecule has 1 atom stereocenters. The highest BCUT2D eigenvalue weighted by atomic mass is 32.1. The van der Waals surface area contributed by atoms with Crippen LogP contribution in [0.25, 0.3) is 0 Å². The molecule has 20 heavy (non-hydrogen) atoms. The Balaban J connectivity index is 2.02. The maximum atomic E-state index is 12.1. The monoisotopic (exact) mass is 290 g/mol. The van der Waals surface area contributed by atoms with Gasteiger partial charge in [0.25, 0.3) is 5.91 Å². The Labute approximate surface area is 122 Å². The topological polar surface area (TPSA) is 51.2 Å². The van der Waals surface area contributed by atoms with Crippen molar-refractivity contribution in [3.8, 4) is 5.75 Å². The van der Waals surface area contributed by atoms with Crippen molar-refractivity contribution in [3.63, 3.8) is 0 Å². The number of carbonyl (C=O) groups excluding carboxylic acids is 1. The molecule has 1 N–H and O–H groups in total. The number of ether oxygens (including phenoxy) is 1. The standard InChI is InChI=1S/C15H18N2O2S/c1-9-5-6-10(2)13(7-9)19-12(4)14(18)17-15-16-11(3)8-20-15/h5-8,12H,1-4H3,(H,16,17,18). The molecule has 0 saturated carbocycles. The van der Waals surface area contributed by atoms with Gasteiger partial charge in [-0.1, -0.05) is 12.1 Å². The van der Waals surface area contributed by atoms with Crippen molar-refractivity contribution in [2.24, 2.45) is 0 Å². The fraction of sp³-hybridized carbons (Fsp3) is 0.333. The molecule has 2 aromatic rings. The number of thiazole rings is 1. The summed E-state index contributed by atoms with van der Waals surface area (Å²) in [7, 11) is 0. The van der Waals surface area contributed by atoms with E-state index in [2.05, 4.69) is 10.3 Å². The van der Waals surface area contributed by atoms with Crippen molar-refractivity contribution >= 4 is 22.4 Å². The molecule has 1 aromatic heterocycles. The Morgan fingerprint density at radius 2 is 2.10 bits per heavy atom. The molecule has 1 amide bonds. The van der Waals surface area contributed by atoms with Crippen LogP contribution >= 0.6 is 11.3 Å². The first-order chi connectivity index (χ1) is 9.45. The van der Waals surface area contributed by atoms with Crippen LogP contribution in [0.1, 0.15) is 23.7 Å². The molecule has 0 bridgehead atoms. The first kappa shape index (κ1) is 14.5. The van der Waals surface area contributed by atoms with Gasteiger partial charge in [0, 0.05) is 5.38 Å². The van der Waals surface area contributed by atoms with Gasteiger partial charge in [0.2, 0.25) is 0 Å². The molecule has 0 aliphatic rings. The lowest BCUT2D eigenvalue weighted by Gasteiger charge is -2.15. The molecule has 0 aliphatic heterocycles.